The van der Waals surface area contributed by atoms with Crippen molar-refractivity contribution >= 4 is 50.1 Å². The Morgan fingerprint density at radius 3 is 2.87 bits per heavy atom. The minimum Gasteiger partial charge on any atom is -0.402 e. The number of rotatable bonds is 1. The average molecular weight is 261 g/mol. The summed E-state index contributed by atoms with van der Waals surface area (Å²) in [7, 11) is 0. The lowest BCUT2D eigenvalue weighted by Crippen LogP contribution is -1.93. The highest BCUT2D eigenvalue weighted by molar-refractivity contribution is 7.21. The van der Waals surface area contributed by atoms with Gasteiger partial charge in [0.15, 0.2) is 0 Å². The second-order valence-corrected chi connectivity index (χ2v) is 4.74. The van der Waals surface area contributed by atoms with Gasteiger partial charge >= 0.3 is 5.43 Å². The Kier molecular flexibility index (Phi) is 2.87. The van der Waals surface area contributed by atoms with Crippen molar-refractivity contribution in [1.82, 2.24) is 0 Å². The van der Waals surface area contributed by atoms with Crippen molar-refractivity contribution in [2.24, 2.45) is 0 Å². The minimum absolute atomic E-state index is 0.345. The summed E-state index contributed by atoms with van der Waals surface area (Å²) in [6.07, 6.45) is 0. The van der Waals surface area contributed by atoms with Crippen LogP contribution in [0.2, 0.25) is 5.02 Å². The lowest BCUT2D eigenvalue weighted by molar-refractivity contribution is 0.227. The lowest BCUT2D eigenvalue weighted by Gasteiger charge is -1.94. The molecule has 0 bridgehead atoms. The molecule has 0 saturated carbocycles. The third-order valence-corrected chi connectivity index (χ3v) is 3.52. The first-order valence-corrected chi connectivity index (χ1v) is 5.71. The van der Waals surface area contributed by atoms with E-state index in [-0.39, 0.29) is 0 Å². The number of fused-ring (bicyclic) bond motifs is 1. The zero-order valence-electron chi connectivity index (χ0n) is 7.71. The van der Waals surface area contributed by atoms with Gasteiger partial charge < -0.3 is 4.74 Å². The van der Waals surface area contributed by atoms with Crippen molar-refractivity contribution in [3.8, 4) is 5.06 Å². The van der Waals surface area contributed by atoms with E-state index in [1.807, 2.05) is 25.1 Å². The van der Waals surface area contributed by atoms with Crippen LogP contribution in [0, 0.1) is 6.92 Å². The number of carbonyl (C=O) groups is 1. The van der Waals surface area contributed by atoms with Gasteiger partial charge in [0.1, 0.15) is 5.02 Å². The van der Waals surface area contributed by atoms with Gasteiger partial charge in [0, 0.05) is 21.7 Å². The fraction of sp³-hybridized carbons (Fsp3) is 0.100. The highest BCUT2D eigenvalue weighted by atomic mass is 35.5. The number of hydrogen-bond donors (Lipinski definition) is 0. The SMILES string of the molecule is Cc1ccc2c(Cl)c(OC(=O)Cl)sc2c1. The zero-order valence-corrected chi connectivity index (χ0v) is 10.0. The first-order valence-electron chi connectivity index (χ1n) is 4.14. The van der Waals surface area contributed by atoms with Gasteiger partial charge in [-0.1, -0.05) is 35.1 Å². The Bertz CT molecular complexity index is 533. The van der Waals surface area contributed by atoms with E-state index < -0.39 is 5.43 Å². The van der Waals surface area contributed by atoms with Crippen molar-refractivity contribution in [1.29, 1.82) is 0 Å². The standard InChI is InChI=1S/C10H6Cl2O2S/c1-5-2-3-6-7(4-5)15-9(8(6)11)14-10(12)13/h2-4H,1H3. The van der Waals surface area contributed by atoms with E-state index in [2.05, 4.69) is 0 Å². The number of halogens is 2. The largest absolute Gasteiger partial charge is 0.410 e. The molecule has 2 nitrogen and oxygen atoms in total. The molecule has 0 spiro atoms. The first-order chi connectivity index (χ1) is 7.08. The molecule has 5 heteroatoms. The molecule has 0 N–H and O–H groups in total. The third kappa shape index (κ3) is 2.09. The smallest absolute Gasteiger partial charge is 0.402 e. The number of benzene rings is 1. The predicted octanol–water partition coefficient (Wildman–Crippen LogP) is 4.60. The molecule has 15 heavy (non-hydrogen) atoms. The normalized spacial score (nSPS) is 10.6. The molecule has 0 atom stereocenters. The van der Waals surface area contributed by atoms with Crippen molar-refractivity contribution in [2.45, 2.75) is 6.92 Å². The van der Waals surface area contributed by atoms with Crippen molar-refractivity contribution in [3.63, 3.8) is 0 Å². The number of aryl methyl sites for hydroxylation is 1. The van der Waals surface area contributed by atoms with E-state index >= 15 is 0 Å². The molecule has 0 aliphatic heterocycles. The van der Waals surface area contributed by atoms with Gasteiger partial charge in [-0.3, -0.25) is 0 Å². The molecule has 0 aliphatic rings. The molecular formula is C10H6Cl2O2S. The van der Waals surface area contributed by atoms with E-state index in [0.717, 1.165) is 15.6 Å². The highest BCUT2D eigenvalue weighted by Crippen LogP contribution is 2.41. The summed E-state index contributed by atoms with van der Waals surface area (Å²) in [5, 5.41) is 1.65. The van der Waals surface area contributed by atoms with Gasteiger partial charge in [-0.25, -0.2) is 4.79 Å². The van der Waals surface area contributed by atoms with E-state index in [4.69, 9.17) is 27.9 Å². The maximum absolute atomic E-state index is 10.6. The second-order valence-electron chi connectivity index (χ2n) is 3.04. The van der Waals surface area contributed by atoms with E-state index in [1.165, 1.54) is 11.3 Å². The molecular weight excluding hydrogens is 255 g/mol. The topological polar surface area (TPSA) is 26.3 Å². The Hall–Kier alpha value is -0.770. The summed E-state index contributed by atoms with van der Waals surface area (Å²) in [5.41, 5.74) is 0.254. The Labute approximate surface area is 100 Å². The van der Waals surface area contributed by atoms with E-state index in [1.54, 1.807) is 0 Å². The summed E-state index contributed by atoms with van der Waals surface area (Å²) in [6, 6.07) is 5.83. The summed E-state index contributed by atoms with van der Waals surface area (Å²) in [5.74, 6) is 0. The van der Waals surface area contributed by atoms with Gasteiger partial charge in [0.25, 0.3) is 0 Å². The molecule has 2 rings (SSSR count). The summed E-state index contributed by atoms with van der Waals surface area (Å²) < 4.78 is 5.76. The van der Waals surface area contributed by atoms with Crippen molar-refractivity contribution < 1.29 is 9.53 Å². The Balaban J connectivity index is 2.58. The molecule has 0 amide bonds. The van der Waals surface area contributed by atoms with Gasteiger partial charge in [-0.05, 0) is 18.6 Å². The van der Waals surface area contributed by atoms with Crippen LogP contribution in [0.3, 0.4) is 0 Å². The van der Waals surface area contributed by atoms with Gasteiger partial charge in [-0.2, -0.15) is 0 Å². The zero-order chi connectivity index (χ0) is 11.0. The van der Waals surface area contributed by atoms with Gasteiger partial charge in [0.05, 0.1) is 0 Å². The van der Waals surface area contributed by atoms with Crippen LogP contribution < -0.4 is 4.74 Å². The number of ether oxygens (including phenoxy) is 1. The van der Waals surface area contributed by atoms with Gasteiger partial charge in [0.2, 0.25) is 5.06 Å². The predicted molar refractivity (Wildman–Crippen MR) is 63.4 cm³/mol. The summed E-state index contributed by atoms with van der Waals surface area (Å²) >= 11 is 12.5. The molecule has 2 aromatic rings. The fourth-order valence-electron chi connectivity index (χ4n) is 1.29. The average Bonchev–Trinajstić information content (AvgIpc) is 2.42. The quantitative estimate of drug-likeness (QED) is 0.701. The molecule has 0 fully saturated rings. The lowest BCUT2D eigenvalue weighted by atomic mass is 10.2. The minimum atomic E-state index is -0.875. The molecule has 1 aromatic heterocycles. The monoisotopic (exact) mass is 260 g/mol. The molecule has 0 aliphatic carbocycles. The van der Waals surface area contributed by atoms with Crippen LogP contribution in [0.15, 0.2) is 18.2 Å². The number of hydrogen-bond acceptors (Lipinski definition) is 3. The second kappa shape index (κ2) is 4.00. The highest BCUT2D eigenvalue weighted by Gasteiger charge is 2.13. The fourth-order valence-corrected chi connectivity index (χ4v) is 2.83. The van der Waals surface area contributed by atoms with Crippen LogP contribution in [-0.2, 0) is 0 Å². The van der Waals surface area contributed by atoms with Crippen molar-refractivity contribution in [3.05, 3.63) is 28.8 Å². The molecule has 0 unspecified atom stereocenters. The summed E-state index contributed by atoms with van der Waals surface area (Å²) in [6.45, 7) is 1.99. The Morgan fingerprint density at radius 2 is 2.20 bits per heavy atom. The molecule has 0 saturated heterocycles. The molecule has 1 heterocycles. The van der Waals surface area contributed by atoms with Crippen LogP contribution in [0.4, 0.5) is 4.79 Å². The van der Waals surface area contributed by atoms with Gasteiger partial charge in [-0.15, -0.1) is 0 Å². The maximum Gasteiger partial charge on any atom is 0.410 e. The third-order valence-electron chi connectivity index (χ3n) is 1.93. The maximum atomic E-state index is 10.6. The molecule has 1 aromatic carbocycles. The van der Waals surface area contributed by atoms with Crippen LogP contribution >= 0.6 is 34.5 Å². The van der Waals surface area contributed by atoms with Crippen LogP contribution in [0.25, 0.3) is 10.1 Å². The van der Waals surface area contributed by atoms with Crippen LogP contribution in [-0.4, -0.2) is 5.43 Å². The van der Waals surface area contributed by atoms with Crippen molar-refractivity contribution in [2.75, 3.05) is 0 Å². The van der Waals surface area contributed by atoms with Crippen LogP contribution in [0.5, 0.6) is 5.06 Å². The van der Waals surface area contributed by atoms with E-state index in [9.17, 15) is 4.79 Å². The number of carbonyl (C=O) groups excluding carboxylic acids is 1. The van der Waals surface area contributed by atoms with Crippen LogP contribution in [0.1, 0.15) is 5.56 Å². The first kappa shape index (κ1) is 10.7. The molecule has 0 radical (unpaired) electrons. The Morgan fingerprint density at radius 1 is 1.47 bits per heavy atom. The number of thiophene rings is 1. The summed E-state index contributed by atoms with van der Waals surface area (Å²) in [4.78, 5) is 10.6. The molecule has 78 valence electrons. The van der Waals surface area contributed by atoms with E-state index in [0.29, 0.717) is 10.1 Å².